The topological polar surface area (TPSA) is 58.9 Å². The average Bonchev–Trinajstić information content (AvgIpc) is 2.51. The van der Waals surface area contributed by atoms with E-state index in [2.05, 4.69) is 4.98 Å². The van der Waals surface area contributed by atoms with Crippen LogP contribution < -0.4 is 5.73 Å². The molecule has 1 atom stereocenters. The van der Waals surface area contributed by atoms with Crippen molar-refractivity contribution in [1.82, 2.24) is 4.98 Å². The van der Waals surface area contributed by atoms with Gasteiger partial charge in [-0.15, -0.1) is 0 Å². The van der Waals surface area contributed by atoms with Crippen LogP contribution in [0.25, 0.3) is 0 Å². The van der Waals surface area contributed by atoms with Crippen molar-refractivity contribution in [2.45, 2.75) is 26.8 Å². The monoisotopic (exact) mass is 180 g/mol. The van der Waals surface area contributed by atoms with Crippen molar-refractivity contribution in [3.05, 3.63) is 24.0 Å². The molecule has 0 amide bonds. The van der Waals surface area contributed by atoms with Crippen LogP contribution in [0.2, 0.25) is 0 Å². The molecule has 72 valence electrons. The van der Waals surface area contributed by atoms with Gasteiger partial charge in [0.05, 0.1) is 11.7 Å². The molecule has 1 heterocycles. The third-order valence-electron chi connectivity index (χ3n) is 2.08. The standard InChI is InChI=1S/C10H16N2O/c1-10(2,3)9(11)8(13)7-5-4-6-12-7/h4-6,9,12H,11H2,1-3H3. The van der Waals surface area contributed by atoms with E-state index in [1.807, 2.05) is 20.8 Å². The highest BCUT2D eigenvalue weighted by atomic mass is 16.1. The summed E-state index contributed by atoms with van der Waals surface area (Å²) in [5.41, 5.74) is 6.21. The Bertz CT molecular complexity index is 282. The Kier molecular flexibility index (Phi) is 2.57. The molecule has 0 saturated heterocycles. The molecule has 1 aromatic rings. The van der Waals surface area contributed by atoms with Crippen molar-refractivity contribution >= 4 is 5.78 Å². The summed E-state index contributed by atoms with van der Waals surface area (Å²) < 4.78 is 0. The number of carbonyl (C=O) groups is 1. The number of ketones is 1. The molecular formula is C10H16N2O. The SMILES string of the molecule is CC(C)(C)C(N)C(=O)c1ccc[nH]1. The van der Waals surface area contributed by atoms with Crippen LogP contribution in [0.5, 0.6) is 0 Å². The molecule has 1 aromatic heterocycles. The van der Waals surface area contributed by atoms with Gasteiger partial charge in [0.1, 0.15) is 0 Å². The number of nitrogens with one attached hydrogen (secondary N) is 1. The molecular weight excluding hydrogens is 164 g/mol. The number of hydrogen-bond donors (Lipinski definition) is 2. The molecule has 0 aromatic carbocycles. The Labute approximate surface area is 78.3 Å². The molecule has 0 aliphatic carbocycles. The molecule has 0 radical (unpaired) electrons. The fraction of sp³-hybridized carbons (Fsp3) is 0.500. The predicted molar refractivity (Wildman–Crippen MR) is 52.6 cm³/mol. The van der Waals surface area contributed by atoms with Crippen LogP contribution in [0.3, 0.4) is 0 Å². The van der Waals surface area contributed by atoms with Crippen LogP contribution in [-0.2, 0) is 0 Å². The number of hydrogen-bond acceptors (Lipinski definition) is 2. The molecule has 0 fully saturated rings. The molecule has 1 rings (SSSR count). The van der Waals surface area contributed by atoms with Crippen LogP contribution in [0.1, 0.15) is 31.3 Å². The number of nitrogens with two attached hydrogens (primary N) is 1. The minimum absolute atomic E-state index is 0.0301. The molecule has 0 spiro atoms. The number of H-pyrrole nitrogens is 1. The minimum Gasteiger partial charge on any atom is -0.359 e. The van der Waals surface area contributed by atoms with Gasteiger partial charge in [-0.3, -0.25) is 4.79 Å². The van der Waals surface area contributed by atoms with Gasteiger partial charge in [0.25, 0.3) is 0 Å². The van der Waals surface area contributed by atoms with Crippen molar-refractivity contribution in [2.24, 2.45) is 11.1 Å². The smallest absolute Gasteiger partial charge is 0.196 e. The second-order valence-electron chi connectivity index (χ2n) is 4.29. The Hall–Kier alpha value is -1.09. The molecule has 1 unspecified atom stereocenters. The van der Waals surface area contributed by atoms with Crippen molar-refractivity contribution in [3.8, 4) is 0 Å². The molecule has 3 N–H and O–H groups in total. The zero-order valence-electron chi connectivity index (χ0n) is 8.29. The Morgan fingerprint density at radius 2 is 2.15 bits per heavy atom. The predicted octanol–water partition coefficient (Wildman–Crippen LogP) is 1.57. The van der Waals surface area contributed by atoms with Crippen LogP contribution in [0.4, 0.5) is 0 Å². The lowest BCUT2D eigenvalue weighted by Crippen LogP contribution is -2.42. The van der Waals surface area contributed by atoms with Gasteiger partial charge in [-0.05, 0) is 17.5 Å². The van der Waals surface area contributed by atoms with E-state index in [4.69, 9.17) is 5.73 Å². The molecule has 13 heavy (non-hydrogen) atoms. The van der Waals surface area contributed by atoms with Gasteiger partial charge in [0.15, 0.2) is 5.78 Å². The first-order valence-electron chi connectivity index (χ1n) is 4.36. The second-order valence-corrected chi connectivity index (χ2v) is 4.29. The number of aromatic amines is 1. The molecule has 3 nitrogen and oxygen atoms in total. The highest BCUT2D eigenvalue weighted by Crippen LogP contribution is 2.19. The zero-order chi connectivity index (χ0) is 10.1. The van der Waals surface area contributed by atoms with Gasteiger partial charge in [-0.1, -0.05) is 20.8 Å². The summed E-state index contributed by atoms with van der Waals surface area (Å²) in [5, 5.41) is 0. The highest BCUT2D eigenvalue weighted by Gasteiger charge is 2.28. The summed E-state index contributed by atoms with van der Waals surface area (Å²) in [7, 11) is 0. The van der Waals surface area contributed by atoms with Crippen LogP contribution in [-0.4, -0.2) is 16.8 Å². The van der Waals surface area contributed by atoms with Crippen LogP contribution in [0.15, 0.2) is 18.3 Å². The Morgan fingerprint density at radius 3 is 2.54 bits per heavy atom. The van der Waals surface area contributed by atoms with E-state index in [1.165, 1.54) is 0 Å². The molecule has 3 heteroatoms. The van der Waals surface area contributed by atoms with E-state index in [-0.39, 0.29) is 11.2 Å². The molecule has 0 aliphatic heterocycles. The van der Waals surface area contributed by atoms with E-state index in [9.17, 15) is 4.79 Å². The number of rotatable bonds is 2. The Morgan fingerprint density at radius 1 is 1.54 bits per heavy atom. The lowest BCUT2D eigenvalue weighted by atomic mass is 9.84. The van der Waals surface area contributed by atoms with E-state index < -0.39 is 6.04 Å². The maximum atomic E-state index is 11.7. The average molecular weight is 180 g/mol. The van der Waals surface area contributed by atoms with E-state index in [1.54, 1.807) is 18.3 Å². The van der Waals surface area contributed by atoms with Gasteiger partial charge < -0.3 is 10.7 Å². The van der Waals surface area contributed by atoms with Gasteiger partial charge in [0, 0.05) is 6.20 Å². The normalized spacial score (nSPS) is 14.2. The third-order valence-corrected chi connectivity index (χ3v) is 2.08. The van der Waals surface area contributed by atoms with E-state index in [0.717, 1.165) is 0 Å². The summed E-state index contributed by atoms with van der Waals surface area (Å²) in [6.45, 7) is 5.87. The lowest BCUT2D eigenvalue weighted by molar-refractivity contribution is 0.0897. The summed E-state index contributed by atoms with van der Waals surface area (Å²) in [5.74, 6) is -0.0301. The minimum atomic E-state index is -0.453. The Balaban J connectivity index is 2.81. The van der Waals surface area contributed by atoms with Gasteiger partial charge in [-0.25, -0.2) is 0 Å². The number of Topliss-reactive ketones (excluding diaryl/α,β-unsaturated/α-hetero) is 1. The fourth-order valence-electron chi connectivity index (χ4n) is 1.04. The summed E-state index contributed by atoms with van der Waals surface area (Å²) in [4.78, 5) is 14.6. The second kappa shape index (κ2) is 3.34. The van der Waals surface area contributed by atoms with E-state index in [0.29, 0.717) is 5.69 Å². The van der Waals surface area contributed by atoms with Crippen molar-refractivity contribution < 1.29 is 4.79 Å². The summed E-state index contributed by atoms with van der Waals surface area (Å²) in [6.07, 6.45) is 1.72. The molecule has 0 aliphatic rings. The summed E-state index contributed by atoms with van der Waals surface area (Å²) >= 11 is 0. The quantitative estimate of drug-likeness (QED) is 0.679. The lowest BCUT2D eigenvalue weighted by Gasteiger charge is -2.25. The van der Waals surface area contributed by atoms with Gasteiger partial charge in [-0.2, -0.15) is 0 Å². The first kappa shape index (κ1) is 9.99. The van der Waals surface area contributed by atoms with Crippen molar-refractivity contribution in [1.29, 1.82) is 0 Å². The third kappa shape index (κ3) is 2.18. The first-order valence-corrected chi connectivity index (χ1v) is 4.36. The van der Waals surface area contributed by atoms with Gasteiger partial charge in [0.2, 0.25) is 0 Å². The maximum absolute atomic E-state index is 11.7. The number of carbonyl (C=O) groups excluding carboxylic acids is 1. The van der Waals surface area contributed by atoms with Crippen molar-refractivity contribution in [3.63, 3.8) is 0 Å². The zero-order valence-corrected chi connectivity index (χ0v) is 8.29. The molecule has 0 saturated carbocycles. The highest BCUT2D eigenvalue weighted by molar-refractivity contribution is 5.98. The van der Waals surface area contributed by atoms with E-state index >= 15 is 0 Å². The van der Waals surface area contributed by atoms with Crippen molar-refractivity contribution in [2.75, 3.05) is 0 Å². The molecule has 0 bridgehead atoms. The largest absolute Gasteiger partial charge is 0.359 e. The fourth-order valence-corrected chi connectivity index (χ4v) is 1.04. The number of aromatic nitrogens is 1. The van der Waals surface area contributed by atoms with Gasteiger partial charge >= 0.3 is 0 Å². The van der Waals surface area contributed by atoms with Crippen LogP contribution in [0, 0.1) is 5.41 Å². The first-order chi connectivity index (χ1) is 5.93. The summed E-state index contributed by atoms with van der Waals surface area (Å²) in [6, 6.07) is 3.09. The van der Waals surface area contributed by atoms with Crippen LogP contribution >= 0.6 is 0 Å². The maximum Gasteiger partial charge on any atom is 0.196 e.